The molecule has 1 atom stereocenters. The van der Waals surface area contributed by atoms with Crippen LogP contribution in [0.2, 0.25) is 0 Å². The van der Waals surface area contributed by atoms with E-state index >= 15 is 0 Å². The van der Waals surface area contributed by atoms with E-state index < -0.39 is 0 Å². The summed E-state index contributed by atoms with van der Waals surface area (Å²) in [4.78, 5) is 0. The molecule has 1 aromatic carbocycles. The van der Waals surface area contributed by atoms with E-state index in [0.29, 0.717) is 0 Å². The smallest absolute Gasteiger partial charge is 0.125 e. The molecule has 0 aliphatic carbocycles. The van der Waals surface area contributed by atoms with E-state index in [0.717, 1.165) is 34.6 Å². The maximum Gasteiger partial charge on any atom is 0.125 e. The quantitative estimate of drug-likeness (QED) is 0.851. The Kier molecular flexibility index (Phi) is 4.19. The third kappa shape index (κ3) is 2.47. The summed E-state index contributed by atoms with van der Waals surface area (Å²) < 4.78 is 10.8. The summed E-state index contributed by atoms with van der Waals surface area (Å²) in [6, 6.07) is 2.13. The molecule has 90 valence electrons. The Labute approximate surface area is 97.6 Å². The van der Waals surface area contributed by atoms with E-state index in [1.807, 2.05) is 26.8 Å². The predicted molar refractivity (Wildman–Crippen MR) is 66.4 cm³/mol. The molecule has 3 heteroatoms. The molecule has 0 spiro atoms. The van der Waals surface area contributed by atoms with Crippen molar-refractivity contribution in [1.29, 1.82) is 0 Å². The van der Waals surface area contributed by atoms with Crippen LogP contribution < -0.4 is 15.2 Å². The minimum Gasteiger partial charge on any atom is -0.496 e. The van der Waals surface area contributed by atoms with Crippen LogP contribution in [0.25, 0.3) is 0 Å². The van der Waals surface area contributed by atoms with Gasteiger partial charge in [-0.25, -0.2) is 0 Å². The van der Waals surface area contributed by atoms with Crippen LogP contribution in [-0.4, -0.2) is 20.3 Å². The molecule has 1 rings (SSSR count). The number of rotatable bonds is 4. The molecule has 0 aliphatic heterocycles. The number of nitrogens with two attached hydrogens (primary N) is 1. The zero-order chi connectivity index (χ0) is 12.3. The zero-order valence-corrected chi connectivity index (χ0v) is 10.8. The average molecular weight is 223 g/mol. The highest BCUT2D eigenvalue weighted by atomic mass is 16.5. The highest BCUT2D eigenvalue weighted by Gasteiger charge is 2.14. The molecule has 16 heavy (non-hydrogen) atoms. The Morgan fingerprint density at radius 3 is 2.25 bits per heavy atom. The first-order chi connectivity index (χ1) is 7.51. The summed E-state index contributed by atoms with van der Waals surface area (Å²) in [6.45, 7) is 6.06. The summed E-state index contributed by atoms with van der Waals surface area (Å²) in [7, 11) is 3.38. The normalized spacial score (nSPS) is 12.4. The highest BCUT2D eigenvalue weighted by molar-refractivity contribution is 5.52. The van der Waals surface area contributed by atoms with Gasteiger partial charge in [-0.05, 0) is 49.9 Å². The van der Waals surface area contributed by atoms with Gasteiger partial charge < -0.3 is 15.2 Å². The molecule has 1 aromatic rings. The van der Waals surface area contributed by atoms with Crippen LogP contribution >= 0.6 is 0 Å². The van der Waals surface area contributed by atoms with Gasteiger partial charge in [0.15, 0.2) is 0 Å². The van der Waals surface area contributed by atoms with Crippen LogP contribution in [0.15, 0.2) is 6.07 Å². The molecular formula is C13H21NO2. The van der Waals surface area contributed by atoms with E-state index in [9.17, 15) is 0 Å². The van der Waals surface area contributed by atoms with Gasteiger partial charge in [0.25, 0.3) is 0 Å². The molecule has 2 N–H and O–H groups in total. The summed E-state index contributed by atoms with van der Waals surface area (Å²) >= 11 is 0. The van der Waals surface area contributed by atoms with Gasteiger partial charge in [0.2, 0.25) is 0 Å². The Hall–Kier alpha value is -1.22. The monoisotopic (exact) mass is 223 g/mol. The molecule has 0 saturated carbocycles. The fourth-order valence-electron chi connectivity index (χ4n) is 1.92. The molecule has 0 unspecified atom stereocenters. The van der Waals surface area contributed by atoms with Crippen LogP contribution in [0.4, 0.5) is 0 Å². The van der Waals surface area contributed by atoms with Crippen molar-refractivity contribution in [3.63, 3.8) is 0 Å². The first kappa shape index (κ1) is 12.8. The molecule has 0 fully saturated rings. The van der Waals surface area contributed by atoms with Gasteiger partial charge >= 0.3 is 0 Å². The number of methoxy groups -OCH3 is 2. The number of hydrogen-bond donors (Lipinski definition) is 1. The molecule has 0 aromatic heterocycles. The van der Waals surface area contributed by atoms with Crippen molar-refractivity contribution in [1.82, 2.24) is 0 Å². The van der Waals surface area contributed by atoms with Crippen LogP contribution in [0, 0.1) is 13.8 Å². The third-order valence-corrected chi connectivity index (χ3v) is 2.84. The minimum atomic E-state index is 0.112. The van der Waals surface area contributed by atoms with E-state index in [-0.39, 0.29) is 6.04 Å². The van der Waals surface area contributed by atoms with Crippen LogP contribution in [0.3, 0.4) is 0 Å². The molecular weight excluding hydrogens is 202 g/mol. The fraction of sp³-hybridized carbons (Fsp3) is 0.538. The van der Waals surface area contributed by atoms with E-state index in [1.165, 1.54) is 0 Å². The van der Waals surface area contributed by atoms with Gasteiger partial charge in [-0.2, -0.15) is 0 Å². The van der Waals surface area contributed by atoms with Crippen molar-refractivity contribution < 1.29 is 9.47 Å². The van der Waals surface area contributed by atoms with Crippen molar-refractivity contribution in [2.24, 2.45) is 5.73 Å². The SMILES string of the molecule is COc1cc(C[C@@H](C)N)c(OC)c(C)c1C. The fourth-order valence-corrected chi connectivity index (χ4v) is 1.92. The molecule has 0 radical (unpaired) electrons. The van der Waals surface area contributed by atoms with Crippen molar-refractivity contribution in [3.8, 4) is 11.5 Å². The second-order valence-corrected chi connectivity index (χ2v) is 4.20. The molecule has 0 bridgehead atoms. The molecule has 0 aliphatic rings. The minimum absolute atomic E-state index is 0.112. The molecule has 3 nitrogen and oxygen atoms in total. The van der Waals surface area contributed by atoms with Gasteiger partial charge in [-0.15, -0.1) is 0 Å². The van der Waals surface area contributed by atoms with Crippen molar-refractivity contribution in [3.05, 3.63) is 22.8 Å². The highest BCUT2D eigenvalue weighted by Crippen LogP contribution is 2.33. The zero-order valence-electron chi connectivity index (χ0n) is 10.8. The lowest BCUT2D eigenvalue weighted by atomic mass is 9.99. The maximum absolute atomic E-state index is 5.83. The van der Waals surface area contributed by atoms with Crippen LogP contribution in [0.5, 0.6) is 11.5 Å². The standard InChI is InChI=1S/C13H21NO2/c1-8(14)6-11-7-12(15-4)9(2)10(3)13(11)16-5/h7-8H,6,14H2,1-5H3/t8-/m1/s1. The van der Waals surface area contributed by atoms with Gasteiger partial charge in [0, 0.05) is 6.04 Å². The lowest BCUT2D eigenvalue weighted by Gasteiger charge is -2.17. The van der Waals surface area contributed by atoms with Crippen LogP contribution in [0.1, 0.15) is 23.6 Å². The lowest BCUT2D eigenvalue weighted by molar-refractivity contribution is 0.392. The average Bonchev–Trinajstić information content (AvgIpc) is 2.23. The van der Waals surface area contributed by atoms with Gasteiger partial charge in [0.1, 0.15) is 11.5 Å². The lowest BCUT2D eigenvalue weighted by Crippen LogP contribution is -2.18. The Balaban J connectivity index is 3.29. The van der Waals surface area contributed by atoms with Gasteiger partial charge in [-0.3, -0.25) is 0 Å². The molecule has 0 saturated heterocycles. The topological polar surface area (TPSA) is 44.5 Å². The van der Waals surface area contributed by atoms with Crippen molar-refractivity contribution >= 4 is 0 Å². The summed E-state index contributed by atoms with van der Waals surface area (Å²) in [5, 5.41) is 0. The van der Waals surface area contributed by atoms with E-state index in [2.05, 4.69) is 0 Å². The Morgan fingerprint density at radius 1 is 1.19 bits per heavy atom. The number of benzene rings is 1. The Morgan fingerprint density at radius 2 is 1.81 bits per heavy atom. The predicted octanol–water partition coefficient (Wildman–Crippen LogP) is 2.21. The number of ether oxygens (including phenoxy) is 2. The number of hydrogen-bond acceptors (Lipinski definition) is 3. The third-order valence-electron chi connectivity index (χ3n) is 2.84. The van der Waals surface area contributed by atoms with E-state index in [1.54, 1.807) is 14.2 Å². The summed E-state index contributed by atoms with van der Waals surface area (Å²) in [5.74, 6) is 1.82. The largest absolute Gasteiger partial charge is 0.496 e. The first-order valence-electron chi connectivity index (χ1n) is 5.47. The van der Waals surface area contributed by atoms with Gasteiger partial charge in [0.05, 0.1) is 14.2 Å². The molecule has 0 heterocycles. The second-order valence-electron chi connectivity index (χ2n) is 4.20. The van der Waals surface area contributed by atoms with Crippen LogP contribution in [-0.2, 0) is 6.42 Å². The Bertz CT molecular complexity index is 373. The van der Waals surface area contributed by atoms with Crippen molar-refractivity contribution in [2.45, 2.75) is 33.2 Å². The first-order valence-corrected chi connectivity index (χ1v) is 5.47. The summed E-state index contributed by atoms with van der Waals surface area (Å²) in [5.41, 5.74) is 9.18. The van der Waals surface area contributed by atoms with E-state index in [4.69, 9.17) is 15.2 Å². The van der Waals surface area contributed by atoms with Gasteiger partial charge in [-0.1, -0.05) is 0 Å². The maximum atomic E-state index is 5.83. The van der Waals surface area contributed by atoms with Crippen molar-refractivity contribution in [2.75, 3.05) is 14.2 Å². The molecule has 0 amide bonds. The second kappa shape index (κ2) is 5.21. The summed E-state index contributed by atoms with van der Waals surface area (Å²) in [6.07, 6.45) is 0.792.